The van der Waals surface area contributed by atoms with Gasteiger partial charge in [0.25, 0.3) is 5.91 Å². The highest BCUT2D eigenvalue weighted by molar-refractivity contribution is 5.80. The number of hydrogen-bond acceptors (Lipinski definition) is 5. The van der Waals surface area contributed by atoms with Gasteiger partial charge in [-0.2, -0.15) is 0 Å². The third kappa shape index (κ3) is 4.97. The number of likely N-dealkylation sites (N-methyl/N-ethyl adjacent to an activating group) is 1. The lowest BCUT2D eigenvalue weighted by Crippen LogP contribution is -2.62. The normalized spacial score (nSPS) is 21.7. The van der Waals surface area contributed by atoms with Gasteiger partial charge in [0.2, 0.25) is 0 Å². The molecule has 1 aliphatic heterocycles. The molecule has 6 heteroatoms. The van der Waals surface area contributed by atoms with Crippen LogP contribution in [0.3, 0.4) is 0 Å². The smallest absolute Gasteiger partial charge is 0.260 e. The number of methoxy groups -OCH3 is 1. The van der Waals surface area contributed by atoms with E-state index in [1.54, 1.807) is 14.0 Å². The van der Waals surface area contributed by atoms with Crippen molar-refractivity contribution in [3.63, 3.8) is 0 Å². The molecule has 0 unspecified atom stereocenters. The number of nitrogens with zero attached hydrogens (tertiary/aromatic N) is 2. The molecule has 1 aliphatic carbocycles. The first-order valence-electron chi connectivity index (χ1n) is 10.5. The zero-order valence-electron chi connectivity index (χ0n) is 17.6. The van der Waals surface area contributed by atoms with Crippen LogP contribution in [0.4, 0.5) is 0 Å². The molecule has 0 radical (unpaired) electrons. The zero-order valence-corrected chi connectivity index (χ0v) is 17.6. The number of amides is 1. The number of benzene rings is 1. The third-order valence-corrected chi connectivity index (χ3v) is 6.29. The molecule has 0 spiro atoms. The van der Waals surface area contributed by atoms with Crippen molar-refractivity contribution in [2.75, 3.05) is 46.9 Å². The number of rotatable bonds is 7. The summed E-state index contributed by atoms with van der Waals surface area (Å²) in [5.41, 5.74) is 0.0966. The average Bonchev–Trinajstić information content (AvgIpc) is 2.73. The molecule has 28 heavy (non-hydrogen) atoms. The fourth-order valence-corrected chi connectivity index (χ4v) is 4.45. The highest BCUT2D eigenvalue weighted by atomic mass is 16.5. The Kier molecular flexibility index (Phi) is 7.18. The van der Waals surface area contributed by atoms with Crippen LogP contribution in [0.1, 0.15) is 39.0 Å². The summed E-state index contributed by atoms with van der Waals surface area (Å²) >= 11 is 0. The summed E-state index contributed by atoms with van der Waals surface area (Å²) < 4.78 is 11.2. The van der Waals surface area contributed by atoms with Crippen LogP contribution in [-0.4, -0.2) is 74.2 Å². The van der Waals surface area contributed by atoms with E-state index in [1.165, 1.54) is 32.1 Å². The van der Waals surface area contributed by atoms with Gasteiger partial charge in [0.1, 0.15) is 0 Å². The minimum atomic E-state index is -0.565. The molecule has 1 aromatic rings. The Morgan fingerprint density at radius 2 is 1.75 bits per heavy atom. The summed E-state index contributed by atoms with van der Waals surface area (Å²) in [5, 5.41) is 3.20. The molecule has 0 aromatic heterocycles. The molecule has 6 nitrogen and oxygen atoms in total. The summed E-state index contributed by atoms with van der Waals surface area (Å²) in [5.74, 6) is 1.17. The van der Waals surface area contributed by atoms with E-state index in [2.05, 4.69) is 22.2 Å². The molecular weight excluding hydrogens is 354 g/mol. The maximum atomic E-state index is 12.8. The zero-order chi connectivity index (χ0) is 20.0. The second-order valence-electron chi connectivity index (χ2n) is 8.20. The van der Waals surface area contributed by atoms with Crippen molar-refractivity contribution in [3.8, 4) is 11.5 Å². The van der Waals surface area contributed by atoms with Crippen molar-refractivity contribution in [2.45, 2.75) is 50.7 Å². The van der Waals surface area contributed by atoms with Gasteiger partial charge in [0, 0.05) is 38.3 Å². The van der Waals surface area contributed by atoms with Gasteiger partial charge in [-0.1, -0.05) is 31.4 Å². The molecule has 1 N–H and O–H groups in total. The van der Waals surface area contributed by atoms with Crippen molar-refractivity contribution < 1.29 is 14.3 Å². The molecule has 0 bridgehead atoms. The predicted molar refractivity (Wildman–Crippen MR) is 111 cm³/mol. The van der Waals surface area contributed by atoms with Crippen LogP contribution in [0.2, 0.25) is 0 Å². The molecule has 1 atom stereocenters. The van der Waals surface area contributed by atoms with Gasteiger partial charge < -0.3 is 19.7 Å². The third-order valence-electron chi connectivity index (χ3n) is 6.29. The van der Waals surface area contributed by atoms with Crippen LogP contribution in [0.25, 0.3) is 0 Å². The topological polar surface area (TPSA) is 54.0 Å². The molecule has 156 valence electrons. The lowest BCUT2D eigenvalue weighted by atomic mass is 9.79. The number of para-hydroxylation sites is 2. The van der Waals surface area contributed by atoms with Gasteiger partial charge >= 0.3 is 0 Å². The fourth-order valence-electron chi connectivity index (χ4n) is 4.45. The molecule has 2 aliphatic rings. The Morgan fingerprint density at radius 1 is 1.11 bits per heavy atom. The lowest BCUT2D eigenvalue weighted by Gasteiger charge is -2.49. The monoisotopic (exact) mass is 389 g/mol. The van der Waals surface area contributed by atoms with Crippen molar-refractivity contribution >= 4 is 5.91 Å². The first kappa shape index (κ1) is 20.9. The second kappa shape index (κ2) is 9.61. The van der Waals surface area contributed by atoms with Crippen LogP contribution >= 0.6 is 0 Å². The molecule has 1 saturated carbocycles. The van der Waals surface area contributed by atoms with Gasteiger partial charge in [0.05, 0.1) is 7.11 Å². The van der Waals surface area contributed by atoms with Crippen LogP contribution in [0.5, 0.6) is 11.5 Å². The molecular formula is C22H35N3O3. The molecule has 2 fully saturated rings. The van der Waals surface area contributed by atoms with E-state index in [4.69, 9.17) is 9.47 Å². The predicted octanol–water partition coefficient (Wildman–Crippen LogP) is 2.53. The first-order valence-corrected chi connectivity index (χ1v) is 10.5. The van der Waals surface area contributed by atoms with E-state index < -0.39 is 6.10 Å². The van der Waals surface area contributed by atoms with Crippen molar-refractivity contribution in [1.82, 2.24) is 15.1 Å². The van der Waals surface area contributed by atoms with Crippen LogP contribution in [0.15, 0.2) is 24.3 Å². The molecule has 3 rings (SSSR count). The van der Waals surface area contributed by atoms with Crippen molar-refractivity contribution in [1.29, 1.82) is 0 Å². The standard InChI is InChI=1S/C22H35N3O3/c1-18(28-20-10-6-5-9-19(20)27-3)21(26)23-17-22(11-7-4-8-12-22)25-15-13-24(2)14-16-25/h5-6,9-10,18H,4,7-8,11-17H2,1-3H3,(H,23,26)/t18-/m0/s1. The highest BCUT2D eigenvalue weighted by Gasteiger charge is 2.39. The summed E-state index contributed by atoms with van der Waals surface area (Å²) in [6.45, 7) is 6.87. The van der Waals surface area contributed by atoms with Gasteiger partial charge in [-0.15, -0.1) is 0 Å². The Bertz CT molecular complexity index is 638. The maximum Gasteiger partial charge on any atom is 0.260 e. The second-order valence-corrected chi connectivity index (χ2v) is 8.20. The largest absolute Gasteiger partial charge is 0.493 e. The quantitative estimate of drug-likeness (QED) is 0.777. The Balaban J connectivity index is 1.60. The van der Waals surface area contributed by atoms with Gasteiger partial charge in [-0.3, -0.25) is 9.69 Å². The Hall–Kier alpha value is -1.79. The van der Waals surface area contributed by atoms with E-state index >= 15 is 0 Å². The Morgan fingerprint density at radius 3 is 2.39 bits per heavy atom. The summed E-state index contributed by atoms with van der Waals surface area (Å²) in [7, 11) is 3.79. The maximum absolute atomic E-state index is 12.8. The number of nitrogens with one attached hydrogen (secondary N) is 1. The molecule has 1 heterocycles. The molecule has 1 aromatic carbocycles. The number of piperazine rings is 1. The summed E-state index contributed by atoms with van der Waals surface area (Å²) in [6, 6.07) is 7.44. The lowest BCUT2D eigenvalue weighted by molar-refractivity contribution is -0.128. The number of carbonyl (C=O) groups is 1. The van der Waals surface area contributed by atoms with E-state index in [0.717, 1.165) is 26.2 Å². The van der Waals surface area contributed by atoms with Crippen molar-refractivity contribution in [2.24, 2.45) is 0 Å². The number of hydrogen-bond donors (Lipinski definition) is 1. The minimum Gasteiger partial charge on any atom is -0.493 e. The summed E-state index contributed by atoms with van der Waals surface area (Å²) in [6.07, 6.45) is 5.56. The average molecular weight is 390 g/mol. The fraction of sp³-hybridized carbons (Fsp3) is 0.682. The summed E-state index contributed by atoms with van der Waals surface area (Å²) in [4.78, 5) is 17.8. The number of ether oxygens (including phenoxy) is 2. The first-order chi connectivity index (χ1) is 13.5. The van der Waals surface area contributed by atoms with E-state index in [-0.39, 0.29) is 11.4 Å². The van der Waals surface area contributed by atoms with Gasteiger partial charge in [-0.25, -0.2) is 0 Å². The molecule has 1 amide bonds. The number of carbonyl (C=O) groups excluding carboxylic acids is 1. The van der Waals surface area contributed by atoms with Crippen LogP contribution < -0.4 is 14.8 Å². The van der Waals surface area contributed by atoms with E-state index in [9.17, 15) is 4.79 Å². The van der Waals surface area contributed by atoms with E-state index in [0.29, 0.717) is 18.0 Å². The minimum absolute atomic E-state index is 0.0648. The van der Waals surface area contributed by atoms with Gasteiger partial charge in [0.15, 0.2) is 17.6 Å². The Labute approximate surface area is 169 Å². The van der Waals surface area contributed by atoms with Crippen LogP contribution in [-0.2, 0) is 4.79 Å². The molecule has 1 saturated heterocycles. The highest BCUT2D eigenvalue weighted by Crippen LogP contribution is 2.34. The van der Waals surface area contributed by atoms with E-state index in [1.807, 2.05) is 24.3 Å². The SMILES string of the molecule is COc1ccccc1O[C@@H](C)C(=O)NCC1(N2CCN(C)CC2)CCCCC1. The van der Waals surface area contributed by atoms with Gasteiger partial charge in [-0.05, 0) is 38.9 Å². The van der Waals surface area contributed by atoms with Crippen LogP contribution in [0, 0.1) is 0 Å². The van der Waals surface area contributed by atoms with Crippen molar-refractivity contribution in [3.05, 3.63) is 24.3 Å².